The van der Waals surface area contributed by atoms with Gasteiger partial charge in [-0.1, -0.05) is 19.3 Å². The molecule has 5 nitrogen and oxygen atoms in total. The van der Waals surface area contributed by atoms with Gasteiger partial charge in [0.1, 0.15) is 11.4 Å². The molecule has 1 saturated heterocycles. The molecule has 4 rings (SSSR count). The van der Waals surface area contributed by atoms with Crippen LogP contribution in [-0.2, 0) is 9.59 Å². The van der Waals surface area contributed by atoms with Gasteiger partial charge in [0.15, 0.2) is 5.11 Å². The second-order valence-corrected chi connectivity index (χ2v) is 8.31. The number of rotatable bonds is 3. The highest BCUT2D eigenvalue weighted by Gasteiger charge is 2.35. The topological polar surface area (TPSA) is 54.3 Å². The summed E-state index contributed by atoms with van der Waals surface area (Å²) >= 11 is 5.20. The molecule has 2 heterocycles. The fourth-order valence-electron chi connectivity index (χ4n) is 4.49. The lowest BCUT2D eigenvalue weighted by molar-refractivity contribution is -0.122. The molecule has 0 atom stereocenters. The van der Waals surface area contributed by atoms with Gasteiger partial charge in [-0.05, 0) is 80.9 Å². The summed E-state index contributed by atoms with van der Waals surface area (Å²) in [6.45, 7) is 4.09. The summed E-state index contributed by atoms with van der Waals surface area (Å²) < 4.78 is 15.6. The Kier molecular flexibility index (Phi) is 5.56. The third kappa shape index (κ3) is 3.69. The first-order valence-electron chi connectivity index (χ1n) is 10.2. The molecule has 1 aliphatic carbocycles. The SMILES string of the molecule is Cc1cc(/C=C2/C(=O)NC(=S)N(c3ccc(F)cc3)C2=O)c(C)n1C1CCCCC1. The smallest absolute Gasteiger partial charge is 0.270 e. The Labute approximate surface area is 180 Å². The normalized spacial score (nSPS) is 19.5. The summed E-state index contributed by atoms with van der Waals surface area (Å²) in [5, 5.41) is 2.56. The number of aryl methyl sites for hydroxylation is 1. The lowest BCUT2D eigenvalue weighted by Gasteiger charge is -2.29. The highest BCUT2D eigenvalue weighted by Crippen LogP contribution is 2.33. The first kappa shape index (κ1) is 20.5. The van der Waals surface area contributed by atoms with Crippen molar-refractivity contribution in [1.82, 2.24) is 9.88 Å². The first-order valence-corrected chi connectivity index (χ1v) is 10.6. The van der Waals surface area contributed by atoms with Gasteiger partial charge < -0.3 is 4.57 Å². The van der Waals surface area contributed by atoms with Gasteiger partial charge in [-0.3, -0.25) is 19.8 Å². The molecular formula is C23H24FN3O2S. The molecule has 1 aromatic heterocycles. The summed E-state index contributed by atoms with van der Waals surface area (Å²) in [6.07, 6.45) is 7.67. The largest absolute Gasteiger partial charge is 0.346 e. The number of aromatic nitrogens is 1. The van der Waals surface area contributed by atoms with Crippen molar-refractivity contribution in [3.63, 3.8) is 0 Å². The molecule has 2 aromatic rings. The van der Waals surface area contributed by atoms with Gasteiger partial charge in [0, 0.05) is 17.4 Å². The zero-order valence-electron chi connectivity index (χ0n) is 17.1. The number of halogens is 1. The second-order valence-electron chi connectivity index (χ2n) is 7.92. The molecule has 2 fully saturated rings. The van der Waals surface area contributed by atoms with Gasteiger partial charge in [0.25, 0.3) is 11.8 Å². The van der Waals surface area contributed by atoms with E-state index in [1.165, 1.54) is 48.4 Å². The van der Waals surface area contributed by atoms with E-state index in [1.54, 1.807) is 6.08 Å². The van der Waals surface area contributed by atoms with Crippen LogP contribution in [0, 0.1) is 19.7 Å². The Morgan fingerprint density at radius 3 is 2.43 bits per heavy atom. The van der Waals surface area contributed by atoms with E-state index in [2.05, 4.69) is 16.8 Å². The minimum Gasteiger partial charge on any atom is -0.346 e. The molecule has 7 heteroatoms. The second kappa shape index (κ2) is 8.14. The van der Waals surface area contributed by atoms with Crippen LogP contribution in [0.15, 0.2) is 35.9 Å². The Bertz CT molecular complexity index is 1050. The molecule has 156 valence electrons. The Balaban J connectivity index is 1.70. The van der Waals surface area contributed by atoms with Gasteiger partial charge in [-0.15, -0.1) is 0 Å². The van der Waals surface area contributed by atoms with Gasteiger partial charge in [0.05, 0.1) is 5.69 Å². The fraction of sp³-hybridized carbons (Fsp3) is 0.348. The number of carbonyl (C=O) groups is 2. The highest BCUT2D eigenvalue weighted by molar-refractivity contribution is 7.80. The van der Waals surface area contributed by atoms with Crippen LogP contribution >= 0.6 is 12.2 Å². The minimum absolute atomic E-state index is 0.0109. The zero-order chi connectivity index (χ0) is 21.4. The lowest BCUT2D eigenvalue weighted by Crippen LogP contribution is -2.54. The number of nitrogens with one attached hydrogen (secondary N) is 1. The molecule has 0 radical (unpaired) electrons. The van der Waals surface area contributed by atoms with Crippen LogP contribution in [0.5, 0.6) is 0 Å². The number of thiocarbonyl (C=S) groups is 1. The van der Waals surface area contributed by atoms with Crippen molar-refractivity contribution in [3.8, 4) is 0 Å². The Morgan fingerprint density at radius 2 is 1.77 bits per heavy atom. The molecule has 0 unspecified atom stereocenters. The predicted molar refractivity (Wildman–Crippen MR) is 119 cm³/mol. The number of anilines is 1. The van der Waals surface area contributed by atoms with Crippen molar-refractivity contribution in [3.05, 3.63) is 58.7 Å². The number of hydrogen-bond donors (Lipinski definition) is 1. The fourth-order valence-corrected chi connectivity index (χ4v) is 4.77. The quantitative estimate of drug-likeness (QED) is 0.445. The Hall–Kier alpha value is -2.80. The monoisotopic (exact) mass is 425 g/mol. The molecule has 30 heavy (non-hydrogen) atoms. The maximum Gasteiger partial charge on any atom is 0.270 e. The van der Waals surface area contributed by atoms with E-state index in [0.29, 0.717) is 11.7 Å². The van der Waals surface area contributed by atoms with E-state index in [-0.39, 0.29) is 10.7 Å². The molecule has 0 spiro atoms. The predicted octanol–water partition coefficient (Wildman–Crippen LogP) is 4.58. The molecular weight excluding hydrogens is 401 g/mol. The standard InChI is InChI=1S/C23H24FN3O2S/c1-14-12-16(15(2)26(14)18-6-4-3-5-7-18)13-20-21(28)25-23(30)27(22(20)29)19-10-8-17(24)9-11-19/h8-13,18H,3-7H2,1-2H3,(H,25,28,30)/b20-13-. The van der Waals surface area contributed by atoms with Crippen LogP contribution < -0.4 is 10.2 Å². The summed E-state index contributed by atoms with van der Waals surface area (Å²) in [5.41, 5.74) is 3.44. The molecule has 1 aliphatic heterocycles. The number of hydrogen-bond acceptors (Lipinski definition) is 3. The average molecular weight is 426 g/mol. The van der Waals surface area contributed by atoms with Gasteiger partial charge >= 0.3 is 0 Å². The van der Waals surface area contributed by atoms with E-state index in [9.17, 15) is 14.0 Å². The van der Waals surface area contributed by atoms with E-state index in [1.807, 2.05) is 13.0 Å². The van der Waals surface area contributed by atoms with Crippen LogP contribution in [0.2, 0.25) is 0 Å². The van der Waals surface area contributed by atoms with Gasteiger partial charge in [0.2, 0.25) is 0 Å². The van der Waals surface area contributed by atoms with Crippen molar-refractivity contribution in [2.45, 2.75) is 52.0 Å². The van der Waals surface area contributed by atoms with Crippen LogP contribution in [-0.4, -0.2) is 21.5 Å². The number of carbonyl (C=O) groups excluding carboxylic acids is 2. The van der Waals surface area contributed by atoms with Gasteiger partial charge in [-0.25, -0.2) is 4.39 Å². The molecule has 2 amide bonds. The van der Waals surface area contributed by atoms with Crippen LogP contribution in [0.25, 0.3) is 6.08 Å². The lowest BCUT2D eigenvalue weighted by atomic mass is 9.95. The third-order valence-electron chi connectivity index (χ3n) is 5.95. The number of amides is 2. The van der Waals surface area contributed by atoms with Crippen molar-refractivity contribution in [2.24, 2.45) is 0 Å². The van der Waals surface area contributed by atoms with Crippen molar-refractivity contribution in [1.29, 1.82) is 0 Å². The van der Waals surface area contributed by atoms with E-state index in [0.717, 1.165) is 29.8 Å². The first-order chi connectivity index (χ1) is 14.4. The van der Waals surface area contributed by atoms with Crippen LogP contribution in [0.1, 0.15) is 55.1 Å². The summed E-state index contributed by atoms with van der Waals surface area (Å²) in [4.78, 5) is 26.9. The van der Waals surface area contributed by atoms with Crippen molar-refractivity contribution < 1.29 is 14.0 Å². The Morgan fingerprint density at radius 1 is 1.10 bits per heavy atom. The van der Waals surface area contributed by atoms with E-state index in [4.69, 9.17) is 12.2 Å². The summed E-state index contributed by atoms with van der Waals surface area (Å²) in [6, 6.07) is 7.91. The number of benzene rings is 1. The zero-order valence-corrected chi connectivity index (χ0v) is 17.9. The maximum absolute atomic E-state index is 13.3. The van der Waals surface area contributed by atoms with Crippen LogP contribution in [0.4, 0.5) is 10.1 Å². The molecule has 1 N–H and O–H groups in total. The van der Waals surface area contributed by atoms with E-state index < -0.39 is 17.6 Å². The maximum atomic E-state index is 13.3. The van der Waals surface area contributed by atoms with E-state index >= 15 is 0 Å². The summed E-state index contributed by atoms with van der Waals surface area (Å²) in [7, 11) is 0. The van der Waals surface area contributed by atoms with Crippen molar-refractivity contribution in [2.75, 3.05) is 4.90 Å². The minimum atomic E-state index is -0.522. The third-order valence-corrected chi connectivity index (χ3v) is 6.23. The van der Waals surface area contributed by atoms with Crippen molar-refractivity contribution >= 4 is 40.9 Å². The summed E-state index contributed by atoms with van der Waals surface area (Å²) in [5.74, 6) is -1.45. The molecule has 1 aromatic carbocycles. The highest BCUT2D eigenvalue weighted by atomic mass is 32.1. The van der Waals surface area contributed by atoms with Crippen LogP contribution in [0.3, 0.4) is 0 Å². The average Bonchev–Trinajstić information content (AvgIpc) is 3.00. The van der Waals surface area contributed by atoms with Gasteiger partial charge in [-0.2, -0.15) is 0 Å². The molecule has 0 bridgehead atoms. The molecule has 2 aliphatic rings. The molecule has 1 saturated carbocycles. The number of nitrogens with zero attached hydrogens (tertiary/aromatic N) is 2.